The molecule has 0 saturated heterocycles. The van der Waals surface area contributed by atoms with Gasteiger partial charge in [-0.3, -0.25) is 9.97 Å². The first-order chi connectivity index (χ1) is 22.5. The van der Waals surface area contributed by atoms with Gasteiger partial charge in [-0.05, 0) is 119 Å². The minimum Gasteiger partial charge on any atom is -0.384 e. The van der Waals surface area contributed by atoms with E-state index in [2.05, 4.69) is 35.8 Å². The Labute approximate surface area is 284 Å². The lowest BCUT2D eigenvalue weighted by Gasteiger charge is -2.36. The Balaban J connectivity index is 0.845. The molecule has 0 radical (unpaired) electrons. The summed E-state index contributed by atoms with van der Waals surface area (Å²) < 4.78 is 0. The van der Waals surface area contributed by atoms with Gasteiger partial charge in [0.25, 0.3) is 0 Å². The molecule has 2 N–H and O–H groups in total. The number of hydrogen-bond acceptors (Lipinski definition) is 4. The number of benzene rings is 2. The maximum absolute atomic E-state index is 6.38. The number of fused-ring (bicyclic) bond motifs is 7. The van der Waals surface area contributed by atoms with E-state index < -0.39 is 0 Å². The summed E-state index contributed by atoms with van der Waals surface area (Å²) in [5, 5.41) is 11.7. The van der Waals surface area contributed by atoms with Gasteiger partial charge in [-0.25, -0.2) is 0 Å². The van der Waals surface area contributed by atoms with E-state index in [1.807, 2.05) is 24.3 Å². The maximum Gasteiger partial charge on any atom is 0.0741 e. The van der Waals surface area contributed by atoms with Gasteiger partial charge in [-0.1, -0.05) is 73.4 Å². The third kappa shape index (κ3) is 7.04. The Hall–Kier alpha value is -2.82. The Kier molecular flexibility index (Phi) is 10.0. The van der Waals surface area contributed by atoms with Gasteiger partial charge >= 0.3 is 0 Å². The van der Waals surface area contributed by atoms with Gasteiger partial charge < -0.3 is 10.6 Å². The summed E-state index contributed by atoms with van der Waals surface area (Å²) in [5.74, 6) is 1.21. The van der Waals surface area contributed by atoms with Crippen LogP contribution in [-0.4, -0.2) is 23.1 Å². The number of pyridine rings is 2. The molecule has 6 heteroatoms. The van der Waals surface area contributed by atoms with Crippen LogP contribution in [0.25, 0.3) is 21.8 Å². The smallest absolute Gasteiger partial charge is 0.0741 e. The van der Waals surface area contributed by atoms with Crippen LogP contribution in [-0.2, 0) is 19.3 Å². The molecule has 4 nitrogen and oxygen atoms in total. The molecular weight excluding hydrogens is 607 g/mol. The van der Waals surface area contributed by atoms with Gasteiger partial charge in [0, 0.05) is 62.2 Å². The second-order valence-electron chi connectivity index (χ2n) is 14.1. The summed E-state index contributed by atoms with van der Waals surface area (Å²) in [6, 6.07) is 12.4. The summed E-state index contributed by atoms with van der Waals surface area (Å²) >= 11 is 12.7. The summed E-state index contributed by atoms with van der Waals surface area (Å²) in [6.07, 6.45) is 20.9. The molecule has 0 unspecified atom stereocenters. The predicted octanol–water partition coefficient (Wildman–Crippen LogP) is 11.6. The van der Waals surface area contributed by atoms with Gasteiger partial charge in [0.15, 0.2) is 0 Å². The lowest BCUT2D eigenvalue weighted by Crippen LogP contribution is -2.24. The lowest BCUT2D eigenvalue weighted by molar-refractivity contribution is 0.433. The zero-order valence-electron chi connectivity index (χ0n) is 27.4. The van der Waals surface area contributed by atoms with E-state index in [4.69, 9.17) is 33.2 Å². The van der Waals surface area contributed by atoms with Crippen molar-refractivity contribution >= 4 is 56.4 Å². The molecule has 0 spiro atoms. The minimum absolute atomic E-state index is 0.581. The third-order valence-electron chi connectivity index (χ3n) is 10.5. The van der Waals surface area contributed by atoms with E-state index >= 15 is 0 Å². The number of hydrogen-bond donors (Lipinski definition) is 2. The second kappa shape index (κ2) is 14.5. The molecule has 2 aromatic heterocycles. The van der Waals surface area contributed by atoms with Gasteiger partial charge in [-0.15, -0.1) is 0 Å². The number of rotatable bonds is 13. The van der Waals surface area contributed by atoms with Gasteiger partial charge in [0.2, 0.25) is 0 Å². The Morgan fingerprint density at radius 3 is 1.98 bits per heavy atom. The second-order valence-corrected chi connectivity index (χ2v) is 15.0. The molecule has 3 aliphatic carbocycles. The standard InChI is InChI=1S/C40H48Cl2N4/c1-26-20-27-22-28(21-26)38-37(23-27)46-36-25-30(42)15-17-33(36)40(38)44-19-11-7-5-3-2-4-6-10-18-43-39-31-12-8-9-13-34(31)45-35-24-29(41)14-16-32(35)39/h14-17,20,24-25,27-28H,2-13,18-19,21-23H2,1H3,(H,43,45)(H,44,46)/t27-,28+/m1/s1. The first-order valence-corrected chi connectivity index (χ1v) is 18.7. The fraction of sp³-hybridized carbons (Fsp3) is 0.500. The van der Waals surface area contributed by atoms with Gasteiger partial charge in [-0.2, -0.15) is 0 Å². The van der Waals surface area contributed by atoms with Crippen LogP contribution in [0.3, 0.4) is 0 Å². The van der Waals surface area contributed by atoms with Crippen LogP contribution in [0.15, 0.2) is 48.0 Å². The summed E-state index contributed by atoms with van der Waals surface area (Å²) in [6.45, 7) is 4.34. The molecule has 2 heterocycles. The number of nitrogens with zero attached hydrogens (tertiary/aromatic N) is 2. The number of anilines is 2. The highest BCUT2D eigenvalue weighted by molar-refractivity contribution is 6.31. The van der Waals surface area contributed by atoms with E-state index in [0.29, 0.717) is 11.8 Å². The normalized spacial score (nSPS) is 18.7. The zero-order chi connectivity index (χ0) is 31.5. The average molecular weight is 656 g/mol. The minimum atomic E-state index is 0.581. The predicted molar refractivity (Wildman–Crippen MR) is 197 cm³/mol. The SMILES string of the molecule is CC1=C[C@H]2Cc3nc4cc(Cl)ccc4c(NCCCCCCCCCCNc4c5c(nc6cc(Cl)ccc46)CCCC5)c3[C@@H](C1)C2. The van der Waals surface area contributed by atoms with Crippen LogP contribution < -0.4 is 10.6 Å². The quantitative estimate of drug-likeness (QED) is 0.111. The number of aromatic nitrogens is 2. The highest BCUT2D eigenvalue weighted by Gasteiger charge is 2.33. The van der Waals surface area contributed by atoms with Crippen LogP contribution in [0.1, 0.15) is 112 Å². The van der Waals surface area contributed by atoms with Gasteiger partial charge in [0.05, 0.1) is 11.0 Å². The van der Waals surface area contributed by atoms with Crippen LogP contribution in [0, 0.1) is 5.92 Å². The molecule has 2 bridgehead atoms. The molecule has 46 heavy (non-hydrogen) atoms. The van der Waals surface area contributed by atoms with Crippen LogP contribution >= 0.6 is 23.2 Å². The van der Waals surface area contributed by atoms with Crippen molar-refractivity contribution in [1.29, 1.82) is 0 Å². The van der Waals surface area contributed by atoms with Crippen molar-refractivity contribution in [2.45, 2.75) is 109 Å². The molecule has 242 valence electrons. The van der Waals surface area contributed by atoms with Crippen molar-refractivity contribution in [1.82, 2.24) is 9.97 Å². The van der Waals surface area contributed by atoms with Crippen LogP contribution in [0.5, 0.6) is 0 Å². The van der Waals surface area contributed by atoms with Crippen molar-refractivity contribution in [3.63, 3.8) is 0 Å². The molecular formula is C40H48Cl2N4. The van der Waals surface area contributed by atoms with E-state index in [1.165, 1.54) is 121 Å². The highest BCUT2D eigenvalue weighted by atomic mass is 35.5. The van der Waals surface area contributed by atoms with Gasteiger partial charge in [0.1, 0.15) is 0 Å². The Bertz CT molecular complexity index is 1750. The maximum atomic E-state index is 6.38. The molecule has 4 aromatic rings. The van der Waals surface area contributed by atoms with E-state index in [-0.39, 0.29) is 0 Å². The number of aryl methyl sites for hydroxylation is 1. The van der Waals surface area contributed by atoms with Crippen molar-refractivity contribution < 1.29 is 0 Å². The largest absolute Gasteiger partial charge is 0.384 e. The van der Waals surface area contributed by atoms with Crippen molar-refractivity contribution in [2.75, 3.05) is 23.7 Å². The molecule has 0 saturated carbocycles. The molecule has 3 aliphatic rings. The molecule has 7 rings (SSSR count). The van der Waals surface area contributed by atoms with Crippen molar-refractivity contribution in [3.05, 3.63) is 80.6 Å². The number of halogens is 2. The third-order valence-corrected chi connectivity index (χ3v) is 11.0. The first-order valence-electron chi connectivity index (χ1n) is 17.9. The Morgan fingerprint density at radius 1 is 0.696 bits per heavy atom. The first kappa shape index (κ1) is 31.8. The van der Waals surface area contributed by atoms with Crippen LogP contribution in [0.4, 0.5) is 11.4 Å². The zero-order valence-corrected chi connectivity index (χ0v) is 28.9. The lowest BCUT2D eigenvalue weighted by atomic mass is 9.71. The van der Waals surface area contributed by atoms with E-state index in [9.17, 15) is 0 Å². The average Bonchev–Trinajstić information content (AvgIpc) is 3.03. The molecule has 2 aromatic carbocycles. The fourth-order valence-corrected chi connectivity index (χ4v) is 8.75. The Morgan fingerprint density at radius 2 is 1.28 bits per heavy atom. The monoisotopic (exact) mass is 654 g/mol. The fourth-order valence-electron chi connectivity index (χ4n) is 8.41. The van der Waals surface area contributed by atoms with Crippen LogP contribution in [0.2, 0.25) is 10.0 Å². The molecule has 2 atom stereocenters. The van der Waals surface area contributed by atoms with E-state index in [0.717, 1.165) is 59.9 Å². The summed E-state index contributed by atoms with van der Waals surface area (Å²) in [4.78, 5) is 10.1. The molecule has 0 aliphatic heterocycles. The molecule has 0 fully saturated rings. The number of nitrogens with one attached hydrogen (secondary N) is 2. The van der Waals surface area contributed by atoms with Crippen molar-refractivity contribution in [2.24, 2.45) is 5.92 Å². The summed E-state index contributed by atoms with van der Waals surface area (Å²) in [5.41, 5.74) is 11.7. The topological polar surface area (TPSA) is 49.8 Å². The highest BCUT2D eigenvalue weighted by Crippen LogP contribution is 2.47. The number of unbranched alkanes of at least 4 members (excludes halogenated alkanes) is 7. The number of allylic oxidation sites excluding steroid dienone is 2. The van der Waals surface area contributed by atoms with Crippen molar-refractivity contribution in [3.8, 4) is 0 Å². The summed E-state index contributed by atoms with van der Waals surface area (Å²) in [7, 11) is 0. The van der Waals surface area contributed by atoms with E-state index in [1.54, 1.807) is 0 Å². The molecule has 0 amide bonds.